The van der Waals surface area contributed by atoms with Crippen LogP contribution >= 0.6 is 0 Å². The van der Waals surface area contributed by atoms with E-state index in [0.717, 1.165) is 35.4 Å². The minimum absolute atomic E-state index is 0.0249. The molecule has 27 heavy (non-hydrogen) atoms. The van der Waals surface area contributed by atoms with Gasteiger partial charge in [-0.15, -0.1) is 5.10 Å². The number of benzene rings is 2. The van der Waals surface area contributed by atoms with E-state index in [2.05, 4.69) is 17.2 Å². The Labute approximate surface area is 158 Å². The number of unbranched alkanes of at least 4 members (excludes halogenated alkanes) is 1. The lowest BCUT2D eigenvalue weighted by molar-refractivity contribution is -0.144. The second-order valence-corrected chi connectivity index (χ2v) is 6.11. The average molecular weight is 365 g/mol. The monoisotopic (exact) mass is 365 g/mol. The Kier molecular flexibility index (Phi) is 6.20. The molecule has 0 unspecified atom stereocenters. The van der Waals surface area contributed by atoms with Crippen molar-refractivity contribution in [3.63, 3.8) is 0 Å². The van der Waals surface area contributed by atoms with Crippen LogP contribution in [0.1, 0.15) is 19.8 Å². The van der Waals surface area contributed by atoms with Crippen LogP contribution in [0.5, 0.6) is 5.75 Å². The minimum Gasteiger partial charge on any atom is -0.497 e. The fraction of sp³-hybridized carbons (Fsp3) is 0.286. The van der Waals surface area contributed by atoms with Crippen LogP contribution in [-0.4, -0.2) is 34.7 Å². The van der Waals surface area contributed by atoms with Gasteiger partial charge < -0.3 is 9.47 Å². The number of esters is 1. The van der Waals surface area contributed by atoms with E-state index in [1.807, 2.05) is 54.6 Å². The van der Waals surface area contributed by atoms with Gasteiger partial charge in [0.15, 0.2) is 0 Å². The SMILES string of the molecule is CCCCOC(=O)Cn1nnc(-c2ccc(OC)cc2)c1-c1ccccc1. The molecule has 0 saturated heterocycles. The number of carbonyl (C=O) groups is 1. The number of methoxy groups -OCH3 is 1. The van der Waals surface area contributed by atoms with Crippen molar-refractivity contribution >= 4 is 5.97 Å². The van der Waals surface area contributed by atoms with Gasteiger partial charge in [0.1, 0.15) is 18.0 Å². The highest BCUT2D eigenvalue weighted by Gasteiger charge is 2.19. The van der Waals surface area contributed by atoms with Crippen LogP contribution in [0.3, 0.4) is 0 Å². The predicted molar refractivity (Wildman–Crippen MR) is 103 cm³/mol. The van der Waals surface area contributed by atoms with Crippen LogP contribution in [0.25, 0.3) is 22.5 Å². The number of hydrogen-bond acceptors (Lipinski definition) is 5. The molecule has 0 spiro atoms. The van der Waals surface area contributed by atoms with Gasteiger partial charge in [0.2, 0.25) is 0 Å². The number of carbonyl (C=O) groups excluding carboxylic acids is 1. The normalized spacial score (nSPS) is 10.6. The summed E-state index contributed by atoms with van der Waals surface area (Å²) in [7, 11) is 1.63. The Morgan fingerprint density at radius 3 is 2.44 bits per heavy atom. The van der Waals surface area contributed by atoms with Gasteiger partial charge in [-0.25, -0.2) is 4.68 Å². The van der Waals surface area contributed by atoms with Gasteiger partial charge in [-0.2, -0.15) is 0 Å². The molecule has 3 rings (SSSR count). The van der Waals surface area contributed by atoms with Gasteiger partial charge in [0, 0.05) is 11.1 Å². The lowest BCUT2D eigenvalue weighted by atomic mass is 10.0. The lowest BCUT2D eigenvalue weighted by Crippen LogP contribution is -2.16. The van der Waals surface area contributed by atoms with Crippen molar-refractivity contribution in [3.8, 4) is 28.3 Å². The highest BCUT2D eigenvalue weighted by molar-refractivity contribution is 5.79. The van der Waals surface area contributed by atoms with Crippen LogP contribution in [-0.2, 0) is 16.1 Å². The molecule has 6 nitrogen and oxygen atoms in total. The average Bonchev–Trinajstić information content (AvgIpc) is 3.12. The zero-order chi connectivity index (χ0) is 19.1. The van der Waals surface area contributed by atoms with E-state index in [-0.39, 0.29) is 12.5 Å². The van der Waals surface area contributed by atoms with E-state index in [9.17, 15) is 4.79 Å². The molecule has 0 atom stereocenters. The molecule has 0 bridgehead atoms. The summed E-state index contributed by atoms with van der Waals surface area (Å²) in [5.41, 5.74) is 3.34. The molecule has 0 aliphatic carbocycles. The van der Waals surface area contributed by atoms with E-state index >= 15 is 0 Å². The van der Waals surface area contributed by atoms with Crippen LogP contribution in [0.15, 0.2) is 54.6 Å². The summed E-state index contributed by atoms with van der Waals surface area (Å²) < 4.78 is 12.1. The van der Waals surface area contributed by atoms with Crippen molar-refractivity contribution in [2.24, 2.45) is 0 Å². The van der Waals surface area contributed by atoms with Crippen LogP contribution in [0.4, 0.5) is 0 Å². The van der Waals surface area contributed by atoms with Crippen molar-refractivity contribution in [2.45, 2.75) is 26.3 Å². The highest BCUT2D eigenvalue weighted by atomic mass is 16.5. The quantitative estimate of drug-likeness (QED) is 0.446. The summed E-state index contributed by atoms with van der Waals surface area (Å²) in [5, 5.41) is 8.55. The third-order valence-electron chi connectivity index (χ3n) is 4.19. The second-order valence-electron chi connectivity index (χ2n) is 6.11. The molecule has 0 aliphatic rings. The Bertz CT molecular complexity index is 873. The molecule has 6 heteroatoms. The van der Waals surface area contributed by atoms with Crippen LogP contribution in [0, 0.1) is 0 Å². The van der Waals surface area contributed by atoms with Gasteiger partial charge in [-0.1, -0.05) is 48.9 Å². The van der Waals surface area contributed by atoms with Crippen molar-refractivity contribution in [1.29, 1.82) is 0 Å². The lowest BCUT2D eigenvalue weighted by Gasteiger charge is -2.09. The molecule has 0 fully saturated rings. The third kappa shape index (κ3) is 4.53. The van der Waals surface area contributed by atoms with E-state index in [1.54, 1.807) is 11.8 Å². The standard InChI is InChI=1S/C21H23N3O3/c1-3-4-14-27-19(25)15-24-21(17-8-6-5-7-9-17)20(22-23-24)16-10-12-18(26-2)13-11-16/h5-13H,3-4,14-15H2,1-2H3. The molecule has 140 valence electrons. The maximum atomic E-state index is 12.2. The third-order valence-corrected chi connectivity index (χ3v) is 4.19. The first-order valence-corrected chi connectivity index (χ1v) is 9.02. The summed E-state index contributed by atoms with van der Waals surface area (Å²) in [6, 6.07) is 17.4. The Morgan fingerprint density at radius 2 is 1.78 bits per heavy atom. The predicted octanol–water partition coefficient (Wildman–Crippen LogP) is 3.96. The van der Waals surface area contributed by atoms with Crippen LogP contribution in [0.2, 0.25) is 0 Å². The maximum absolute atomic E-state index is 12.2. The topological polar surface area (TPSA) is 66.2 Å². The first kappa shape index (κ1) is 18.6. The van der Waals surface area contributed by atoms with Crippen molar-refractivity contribution in [3.05, 3.63) is 54.6 Å². The van der Waals surface area contributed by atoms with E-state index < -0.39 is 0 Å². The van der Waals surface area contributed by atoms with Gasteiger partial charge in [0.05, 0.1) is 19.4 Å². The molecule has 3 aromatic rings. The number of rotatable bonds is 8. The van der Waals surface area contributed by atoms with Crippen molar-refractivity contribution in [2.75, 3.05) is 13.7 Å². The molecule has 0 radical (unpaired) electrons. The Morgan fingerprint density at radius 1 is 1.04 bits per heavy atom. The largest absolute Gasteiger partial charge is 0.497 e. The summed E-state index contributed by atoms with van der Waals surface area (Å²) in [4.78, 5) is 12.2. The van der Waals surface area contributed by atoms with Gasteiger partial charge in [0.25, 0.3) is 0 Å². The summed E-state index contributed by atoms with van der Waals surface area (Å²) in [5.74, 6) is 0.457. The van der Waals surface area contributed by atoms with Crippen molar-refractivity contribution < 1.29 is 14.3 Å². The number of ether oxygens (including phenoxy) is 2. The number of nitrogens with zero attached hydrogens (tertiary/aromatic N) is 3. The summed E-state index contributed by atoms with van der Waals surface area (Å²) in [6.07, 6.45) is 1.83. The number of hydrogen-bond donors (Lipinski definition) is 0. The molecular formula is C21H23N3O3. The zero-order valence-corrected chi connectivity index (χ0v) is 15.6. The molecule has 1 heterocycles. The van der Waals surface area contributed by atoms with Gasteiger partial charge in [-0.05, 0) is 30.7 Å². The highest BCUT2D eigenvalue weighted by Crippen LogP contribution is 2.31. The van der Waals surface area contributed by atoms with Crippen molar-refractivity contribution in [1.82, 2.24) is 15.0 Å². The first-order valence-electron chi connectivity index (χ1n) is 9.02. The molecule has 2 aromatic carbocycles. The molecule has 0 N–H and O–H groups in total. The van der Waals surface area contributed by atoms with E-state index in [4.69, 9.17) is 9.47 Å². The minimum atomic E-state index is -0.313. The molecular weight excluding hydrogens is 342 g/mol. The van der Waals surface area contributed by atoms with E-state index in [0.29, 0.717) is 12.3 Å². The molecule has 0 saturated carbocycles. The van der Waals surface area contributed by atoms with Gasteiger partial charge >= 0.3 is 5.97 Å². The van der Waals surface area contributed by atoms with E-state index in [1.165, 1.54) is 0 Å². The zero-order valence-electron chi connectivity index (χ0n) is 15.6. The number of aromatic nitrogens is 3. The molecule has 0 amide bonds. The summed E-state index contributed by atoms with van der Waals surface area (Å²) >= 11 is 0. The Hall–Kier alpha value is -3.15. The fourth-order valence-corrected chi connectivity index (χ4v) is 2.75. The maximum Gasteiger partial charge on any atom is 0.327 e. The molecule has 1 aromatic heterocycles. The Balaban J connectivity index is 1.94. The van der Waals surface area contributed by atoms with Gasteiger partial charge in [-0.3, -0.25) is 4.79 Å². The molecule has 0 aliphatic heterocycles. The van der Waals surface area contributed by atoms with Crippen LogP contribution < -0.4 is 4.74 Å². The fourth-order valence-electron chi connectivity index (χ4n) is 2.75. The second kappa shape index (κ2) is 8.98. The first-order chi connectivity index (χ1) is 13.2. The smallest absolute Gasteiger partial charge is 0.327 e. The summed E-state index contributed by atoms with van der Waals surface area (Å²) in [6.45, 7) is 2.51.